The Bertz CT molecular complexity index is 747. The zero-order chi connectivity index (χ0) is 18.0. The number of benzene rings is 1. The molecule has 0 radical (unpaired) electrons. The van der Waals surface area contributed by atoms with Crippen LogP contribution in [0.15, 0.2) is 30.3 Å². The number of carbonyl (C=O) groups excluding carboxylic acids is 1. The van der Waals surface area contributed by atoms with E-state index in [1.807, 2.05) is 51.1 Å². The van der Waals surface area contributed by atoms with Gasteiger partial charge in [-0.3, -0.25) is 4.79 Å². The Balaban J connectivity index is 1.97. The van der Waals surface area contributed by atoms with Gasteiger partial charge in [0.1, 0.15) is 5.82 Å². The summed E-state index contributed by atoms with van der Waals surface area (Å²) in [5, 5.41) is 15.9. The van der Waals surface area contributed by atoms with Gasteiger partial charge in [-0.1, -0.05) is 51.1 Å². The number of fused-ring (bicyclic) bond motifs is 1. The van der Waals surface area contributed by atoms with Gasteiger partial charge in [0.15, 0.2) is 5.69 Å². The SMILES string of the molecule is CC(C)(C)C(CO)NC(=O)c1nc(-c2ccccc2)n2c1CNCC2. The van der Waals surface area contributed by atoms with E-state index in [1.54, 1.807) is 0 Å². The van der Waals surface area contributed by atoms with E-state index in [0.29, 0.717) is 12.2 Å². The van der Waals surface area contributed by atoms with E-state index in [2.05, 4.69) is 20.2 Å². The predicted molar refractivity (Wildman–Crippen MR) is 97.2 cm³/mol. The zero-order valence-corrected chi connectivity index (χ0v) is 15.0. The molecule has 3 N–H and O–H groups in total. The van der Waals surface area contributed by atoms with E-state index in [1.165, 1.54) is 0 Å². The third-order valence-corrected chi connectivity index (χ3v) is 4.66. The van der Waals surface area contributed by atoms with Crippen LogP contribution in [0.5, 0.6) is 0 Å². The maximum atomic E-state index is 12.9. The third-order valence-electron chi connectivity index (χ3n) is 4.66. The molecule has 1 aliphatic heterocycles. The van der Waals surface area contributed by atoms with E-state index in [-0.39, 0.29) is 24.0 Å². The Hall–Kier alpha value is -2.18. The lowest BCUT2D eigenvalue weighted by atomic mass is 9.87. The lowest BCUT2D eigenvalue weighted by molar-refractivity contribution is 0.0842. The number of aliphatic hydroxyl groups is 1. The summed E-state index contributed by atoms with van der Waals surface area (Å²) >= 11 is 0. The van der Waals surface area contributed by atoms with Crippen molar-refractivity contribution in [1.82, 2.24) is 20.2 Å². The third kappa shape index (κ3) is 3.60. The Morgan fingerprint density at radius 1 is 1.36 bits per heavy atom. The number of amides is 1. The fourth-order valence-corrected chi connectivity index (χ4v) is 3.06. The lowest BCUT2D eigenvalue weighted by Gasteiger charge is -2.29. The zero-order valence-electron chi connectivity index (χ0n) is 15.0. The van der Waals surface area contributed by atoms with Crippen LogP contribution in [0.25, 0.3) is 11.4 Å². The van der Waals surface area contributed by atoms with E-state index in [9.17, 15) is 9.90 Å². The highest BCUT2D eigenvalue weighted by molar-refractivity contribution is 5.94. The average Bonchev–Trinajstić information content (AvgIpc) is 2.99. The van der Waals surface area contributed by atoms with Crippen molar-refractivity contribution >= 4 is 5.91 Å². The highest BCUT2D eigenvalue weighted by atomic mass is 16.3. The summed E-state index contributed by atoms with van der Waals surface area (Å²) in [5.41, 5.74) is 2.10. The van der Waals surface area contributed by atoms with Gasteiger partial charge in [-0.15, -0.1) is 0 Å². The molecule has 0 aliphatic carbocycles. The minimum atomic E-state index is -0.325. The Morgan fingerprint density at radius 2 is 2.08 bits per heavy atom. The molecule has 3 rings (SSSR count). The number of nitrogens with zero attached hydrogens (tertiary/aromatic N) is 2. The highest BCUT2D eigenvalue weighted by Gasteiger charge is 2.30. The molecule has 2 heterocycles. The summed E-state index contributed by atoms with van der Waals surface area (Å²) in [6.07, 6.45) is 0. The van der Waals surface area contributed by atoms with E-state index in [0.717, 1.165) is 30.2 Å². The molecule has 0 fully saturated rings. The smallest absolute Gasteiger partial charge is 0.272 e. The lowest BCUT2D eigenvalue weighted by Crippen LogP contribution is -2.46. The van der Waals surface area contributed by atoms with Crippen molar-refractivity contribution < 1.29 is 9.90 Å². The van der Waals surface area contributed by atoms with Crippen LogP contribution in [0.2, 0.25) is 0 Å². The van der Waals surface area contributed by atoms with Crippen molar-refractivity contribution in [3.05, 3.63) is 41.7 Å². The van der Waals surface area contributed by atoms with Gasteiger partial charge in [-0.05, 0) is 5.41 Å². The second-order valence-corrected chi connectivity index (χ2v) is 7.50. The van der Waals surface area contributed by atoms with Gasteiger partial charge in [0.25, 0.3) is 5.91 Å². The molecule has 1 atom stereocenters. The van der Waals surface area contributed by atoms with Crippen LogP contribution in [0, 0.1) is 5.41 Å². The minimum absolute atomic E-state index is 0.102. The van der Waals surface area contributed by atoms with Gasteiger partial charge in [0.2, 0.25) is 0 Å². The van der Waals surface area contributed by atoms with Crippen LogP contribution in [-0.4, -0.2) is 39.8 Å². The predicted octanol–water partition coefficient (Wildman–Crippen LogP) is 1.79. The molecular weight excluding hydrogens is 316 g/mol. The molecule has 1 aromatic heterocycles. The summed E-state index contributed by atoms with van der Waals surface area (Å²) in [5.74, 6) is 0.585. The molecule has 0 bridgehead atoms. The van der Waals surface area contributed by atoms with Crippen molar-refractivity contribution in [3.8, 4) is 11.4 Å². The number of rotatable bonds is 4. The Kier molecular flexibility index (Phi) is 4.92. The van der Waals surface area contributed by atoms with E-state index >= 15 is 0 Å². The fourth-order valence-electron chi connectivity index (χ4n) is 3.06. The first-order chi connectivity index (χ1) is 11.9. The number of hydrogen-bond acceptors (Lipinski definition) is 4. The quantitative estimate of drug-likeness (QED) is 0.791. The topological polar surface area (TPSA) is 79.2 Å². The van der Waals surface area contributed by atoms with E-state index in [4.69, 9.17) is 0 Å². The second kappa shape index (κ2) is 6.98. The first-order valence-electron chi connectivity index (χ1n) is 8.69. The maximum Gasteiger partial charge on any atom is 0.272 e. The largest absolute Gasteiger partial charge is 0.394 e. The molecule has 2 aromatic rings. The molecule has 0 saturated heterocycles. The monoisotopic (exact) mass is 342 g/mol. The second-order valence-electron chi connectivity index (χ2n) is 7.50. The molecule has 6 heteroatoms. The summed E-state index contributed by atoms with van der Waals surface area (Å²) in [7, 11) is 0. The first kappa shape index (κ1) is 17.6. The summed E-state index contributed by atoms with van der Waals surface area (Å²) in [6, 6.07) is 9.59. The van der Waals surface area contributed by atoms with Gasteiger partial charge in [-0.25, -0.2) is 4.98 Å². The van der Waals surface area contributed by atoms with Crippen LogP contribution < -0.4 is 10.6 Å². The standard InChI is InChI=1S/C19H26N4O2/c1-19(2,3)15(12-24)21-18(25)16-14-11-20-9-10-23(14)17(22-16)13-7-5-4-6-8-13/h4-8,15,20,24H,9-12H2,1-3H3,(H,21,25). The minimum Gasteiger partial charge on any atom is -0.394 e. The average molecular weight is 342 g/mol. The molecule has 1 aromatic carbocycles. The first-order valence-corrected chi connectivity index (χ1v) is 8.69. The number of imidazole rings is 1. The molecule has 134 valence electrons. The van der Waals surface area contributed by atoms with Crippen LogP contribution in [-0.2, 0) is 13.1 Å². The van der Waals surface area contributed by atoms with Gasteiger partial charge >= 0.3 is 0 Å². The normalized spacial score (nSPS) is 15.5. The molecule has 6 nitrogen and oxygen atoms in total. The molecule has 1 unspecified atom stereocenters. The van der Waals surface area contributed by atoms with Crippen LogP contribution >= 0.6 is 0 Å². The van der Waals surface area contributed by atoms with E-state index < -0.39 is 0 Å². The van der Waals surface area contributed by atoms with Gasteiger partial charge in [0, 0.05) is 25.2 Å². The molecule has 1 aliphatic rings. The summed E-state index contributed by atoms with van der Waals surface area (Å²) < 4.78 is 2.12. The summed E-state index contributed by atoms with van der Waals surface area (Å²) in [4.78, 5) is 17.5. The molecule has 25 heavy (non-hydrogen) atoms. The molecule has 1 amide bonds. The number of aliphatic hydroxyl groups excluding tert-OH is 1. The van der Waals surface area contributed by atoms with Crippen molar-refractivity contribution in [3.63, 3.8) is 0 Å². The van der Waals surface area contributed by atoms with Crippen molar-refractivity contribution in [1.29, 1.82) is 0 Å². The van der Waals surface area contributed by atoms with Crippen molar-refractivity contribution in [2.24, 2.45) is 5.41 Å². The van der Waals surface area contributed by atoms with Crippen molar-refractivity contribution in [2.75, 3.05) is 13.2 Å². The Labute approximate surface area is 148 Å². The van der Waals surface area contributed by atoms with Crippen LogP contribution in [0.4, 0.5) is 0 Å². The highest BCUT2D eigenvalue weighted by Crippen LogP contribution is 2.25. The van der Waals surface area contributed by atoms with Crippen LogP contribution in [0.1, 0.15) is 37.0 Å². The number of hydrogen-bond donors (Lipinski definition) is 3. The van der Waals surface area contributed by atoms with Gasteiger partial charge in [0.05, 0.1) is 18.3 Å². The van der Waals surface area contributed by atoms with Gasteiger partial charge in [-0.2, -0.15) is 0 Å². The number of nitrogens with one attached hydrogen (secondary N) is 2. The number of carbonyl (C=O) groups is 1. The van der Waals surface area contributed by atoms with Gasteiger partial charge < -0.3 is 20.3 Å². The molecule has 0 saturated carbocycles. The number of aromatic nitrogens is 2. The summed E-state index contributed by atoms with van der Waals surface area (Å²) in [6.45, 7) is 8.13. The van der Waals surface area contributed by atoms with Crippen LogP contribution in [0.3, 0.4) is 0 Å². The molecule has 0 spiro atoms. The maximum absolute atomic E-state index is 12.9. The molecular formula is C19H26N4O2. The Morgan fingerprint density at radius 3 is 2.72 bits per heavy atom. The fraction of sp³-hybridized carbons (Fsp3) is 0.474. The van der Waals surface area contributed by atoms with Crippen molar-refractivity contribution in [2.45, 2.75) is 39.9 Å².